The number of nitrogen functional groups attached to an aromatic ring is 1. The summed E-state index contributed by atoms with van der Waals surface area (Å²) in [6, 6.07) is 8.14. The molecule has 1 atom stereocenters. The number of rotatable bonds is 3. The van der Waals surface area contributed by atoms with E-state index < -0.39 is 0 Å². The summed E-state index contributed by atoms with van der Waals surface area (Å²) in [4.78, 5) is 6.94. The predicted octanol–water partition coefficient (Wildman–Crippen LogP) is 2.07. The van der Waals surface area contributed by atoms with E-state index >= 15 is 0 Å². The SMILES string of the molecule is Cc1nc(C2CCCN(Cc3cccc(N)c3)C2)n[nH]1. The standard InChI is InChI=1S/C15H21N5/c1-11-17-15(19-18-11)13-5-3-7-20(10-13)9-12-4-2-6-14(16)8-12/h2,4,6,8,13H,3,5,7,9-10,16H2,1H3,(H,17,18,19). The molecule has 0 saturated carbocycles. The van der Waals surface area contributed by atoms with Crippen LogP contribution in [0.2, 0.25) is 0 Å². The number of likely N-dealkylation sites (tertiary alicyclic amines) is 1. The van der Waals surface area contributed by atoms with Gasteiger partial charge in [-0.1, -0.05) is 12.1 Å². The van der Waals surface area contributed by atoms with Gasteiger partial charge in [0.05, 0.1) is 0 Å². The molecule has 0 aliphatic carbocycles. The van der Waals surface area contributed by atoms with Crippen LogP contribution >= 0.6 is 0 Å². The molecule has 106 valence electrons. The van der Waals surface area contributed by atoms with Crippen molar-refractivity contribution in [2.45, 2.75) is 32.2 Å². The molecule has 0 bridgehead atoms. The second-order valence-corrected chi connectivity index (χ2v) is 5.60. The Kier molecular flexibility index (Phi) is 3.69. The molecule has 1 fully saturated rings. The first-order chi connectivity index (χ1) is 9.70. The van der Waals surface area contributed by atoms with Crippen molar-refractivity contribution in [1.82, 2.24) is 20.1 Å². The number of hydrogen-bond donors (Lipinski definition) is 2. The minimum atomic E-state index is 0.440. The Morgan fingerprint density at radius 1 is 1.45 bits per heavy atom. The number of aromatic amines is 1. The number of nitrogens with two attached hydrogens (primary N) is 1. The van der Waals surface area contributed by atoms with Crippen molar-refractivity contribution in [2.24, 2.45) is 0 Å². The topological polar surface area (TPSA) is 70.8 Å². The Hall–Kier alpha value is -1.88. The summed E-state index contributed by atoms with van der Waals surface area (Å²) in [7, 11) is 0. The largest absolute Gasteiger partial charge is 0.399 e. The number of benzene rings is 1. The van der Waals surface area contributed by atoms with Gasteiger partial charge in [0.25, 0.3) is 0 Å². The molecule has 0 spiro atoms. The van der Waals surface area contributed by atoms with Crippen molar-refractivity contribution in [3.05, 3.63) is 41.5 Å². The maximum atomic E-state index is 5.84. The smallest absolute Gasteiger partial charge is 0.155 e. The number of anilines is 1. The zero-order valence-corrected chi connectivity index (χ0v) is 11.8. The number of piperidine rings is 1. The monoisotopic (exact) mass is 271 g/mol. The summed E-state index contributed by atoms with van der Waals surface area (Å²) in [6.45, 7) is 5.05. The Bertz CT molecular complexity index is 577. The first-order valence-electron chi connectivity index (χ1n) is 7.16. The van der Waals surface area contributed by atoms with Crippen LogP contribution in [-0.4, -0.2) is 33.2 Å². The second kappa shape index (κ2) is 5.63. The van der Waals surface area contributed by atoms with E-state index in [9.17, 15) is 0 Å². The minimum absolute atomic E-state index is 0.440. The lowest BCUT2D eigenvalue weighted by Crippen LogP contribution is -2.34. The lowest BCUT2D eigenvalue weighted by Gasteiger charge is -2.31. The lowest BCUT2D eigenvalue weighted by molar-refractivity contribution is 0.197. The van der Waals surface area contributed by atoms with Crippen molar-refractivity contribution < 1.29 is 0 Å². The molecule has 3 rings (SSSR count). The molecule has 5 nitrogen and oxygen atoms in total. The predicted molar refractivity (Wildman–Crippen MR) is 79.2 cm³/mol. The fourth-order valence-electron chi connectivity index (χ4n) is 2.90. The van der Waals surface area contributed by atoms with Crippen LogP contribution in [0.15, 0.2) is 24.3 Å². The third-order valence-corrected chi connectivity index (χ3v) is 3.84. The van der Waals surface area contributed by atoms with Gasteiger partial charge in [0, 0.05) is 24.7 Å². The van der Waals surface area contributed by atoms with Crippen LogP contribution < -0.4 is 5.73 Å². The second-order valence-electron chi connectivity index (χ2n) is 5.60. The molecule has 0 amide bonds. The van der Waals surface area contributed by atoms with Gasteiger partial charge in [-0.3, -0.25) is 10.00 Å². The minimum Gasteiger partial charge on any atom is -0.399 e. The van der Waals surface area contributed by atoms with Crippen molar-refractivity contribution in [1.29, 1.82) is 0 Å². The molecule has 2 heterocycles. The van der Waals surface area contributed by atoms with Crippen LogP contribution in [0, 0.1) is 6.92 Å². The number of hydrogen-bond acceptors (Lipinski definition) is 4. The fourth-order valence-corrected chi connectivity index (χ4v) is 2.90. The molecule has 0 radical (unpaired) electrons. The van der Waals surface area contributed by atoms with Gasteiger partial charge in [0.2, 0.25) is 0 Å². The molecular formula is C15H21N5. The van der Waals surface area contributed by atoms with E-state index in [2.05, 4.69) is 32.2 Å². The van der Waals surface area contributed by atoms with Gasteiger partial charge in [-0.25, -0.2) is 4.98 Å². The summed E-state index contributed by atoms with van der Waals surface area (Å²) in [5.74, 6) is 2.29. The van der Waals surface area contributed by atoms with E-state index in [1.165, 1.54) is 18.4 Å². The zero-order chi connectivity index (χ0) is 13.9. The molecule has 1 aliphatic heterocycles. The van der Waals surface area contributed by atoms with Crippen molar-refractivity contribution in [3.63, 3.8) is 0 Å². The highest BCUT2D eigenvalue weighted by molar-refractivity contribution is 5.40. The molecule has 1 aromatic heterocycles. The maximum Gasteiger partial charge on any atom is 0.155 e. The van der Waals surface area contributed by atoms with Crippen LogP contribution in [0.3, 0.4) is 0 Å². The molecule has 1 saturated heterocycles. The van der Waals surface area contributed by atoms with Gasteiger partial charge in [0.1, 0.15) is 5.82 Å². The van der Waals surface area contributed by atoms with Gasteiger partial charge >= 0.3 is 0 Å². The summed E-state index contributed by atoms with van der Waals surface area (Å²) >= 11 is 0. The fraction of sp³-hybridized carbons (Fsp3) is 0.467. The number of nitrogens with zero attached hydrogens (tertiary/aromatic N) is 3. The number of nitrogens with one attached hydrogen (secondary N) is 1. The molecule has 3 N–H and O–H groups in total. The Morgan fingerprint density at radius 2 is 2.35 bits per heavy atom. The van der Waals surface area contributed by atoms with Crippen LogP contribution in [0.1, 0.15) is 36.0 Å². The number of aryl methyl sites for hydroxylation is 1. The van der Waals surface area contributed by atoms with Gasteiger partial charge in [-0.05, 0) is 44.0 Å². The normalized spacial score (nSPS) is 20.1. The van der Waals surface area contributed by atoms with Crippen LogP contribution in [0.4, 0.5) is 5.69 Å². The van der Waals surface area contributed by atoms with E-state index in [4.69, 9.17) is 5.73 Å². The lowest BCUT2D eigenvalue weighted by atomic mass is 9.97. The quantitative estimate of drug-likeness (QED) is 0.838. The number of H-pyrrole nitrogens is 1. The Labute approximate surface area is 119 Å². The molecule has 5 heteroatoms. The highest BCUT2D eigenvalue weighted by Crippen LogP contribution is 2.25. The van der Waals surface area contributed by atoms with Crippen molar-refractivity contribution in [3.8, 4) is 0 Å². The third-order valence-electron chi connectivity index (χ3n) is 3.84. The number of aromatic nitrogens is 3. The van der Waals surface area contributed by atoms with E-state index in [1.807, 2.05) is 19.1 Å². The van der Waals surface area contributed by atoms with Crippen molar-refractivity contribution in [2.75, 3.05) is 18.8 Å². The molecule has 1 unspecified atom stereocenters. The Morgan fingerprint density at radius 3 is 3.10 bits per heavy atom. The highest BCUT2D eigenvalue weighted by Gasteiger charge is 2.24. The van der Waals surface area contributed by atoms with Crippen molar-refractivity contribution >= 4 is 5.69 Å². The molecule has 20 heavy (non-hydrogen) atoms. The summed E-state index contributed by atoms with van der Waals surface area (Å²) in [6.07, 6.45) is 2.37. The van der Waals surface area contributed by atoms with E-state index in [0.29, 0.717) is 5.92 Å². The molecule has 2 aromatic rings. The zero-order valence-electron chi connectivity index (χ0n) is 11.8. The average molecular weight is 271 g/mol. The molecule has 1 aliphatic rings. The summed E-state index contributed by atoms with van der Waals surface area (Å²) < 4.78 is 0. The van der Waals surface area contributed by atoms with E-state index in [0.717, 1.165) is 37.0 Å². The van der Waals surface area contributed by atoms with Crippen LogP contribution in [0.25, 0.3) is 0 Å². The highest BCUT2D eigenvalue weighted by atomic mass is 15.2. The Balaban J connectivity index is 1.66. The first kappa shape index (κ1) is 13.1. The maximum absolute atomic E-state index is 5.84. The third kappa shape index (κ3) is 2.99. The van der Waals surface area contributed by atoms with Crippen LogP contribution in [-0.2, 0) is 6.54 Å². The molecule has 1 aromatic carbocycles. The van der Waals surface area contributed by atoms with E-state index in [1.54, 1.807) is 0 Å². The van der Waals surface area contributed by atoms with E-state index in [-0.39, 0.29) is 0 Å². The summed E-state index contributed by atoms with van der Waals surface area (Å²) in [5.41, 5.74) is 7.95. The molecular weight excluding hydrogens is 250 g/mol. The van der Waals surface area contributed by atoms with Gasteiger partial charge < -0.3 is 5.73 Å². The summed E-state index contributed by atoms with van der Waals surface area (Å²) in [5, 5.41) is 7.25. The van der Waals surface area contributed by atoms with Gasteiger partial charge in [-0.2, -0.15) is 5.10 Å². The van der Waals surface area contributed by atoms with Crippen LogP contribution in [0.5, 0.6) is 0 Å². The average Bonchev–Trinajstić information content (AvgIpc) is 2.86. The van der Waals surface area contributed by atoms with Gasteiger partial charge in [-0.15, -0.1) is 0 Å². The first-order valence-corrected chi connectivity index (χ1v) is 7.16. The van der Waals surface area contributed by atoms with Gasteiger partial charge in [0.15, 0.2) is 5.82 Å².